The molecular weight excluding hydrogens is 385 g/mol. The third-order valence-corrected chi connectivity index (χ3v) is 3.91. The van der Waals surface area contributed by atoms with Gasteiger partial charge in [0.2, 0.25) is 5.91 Å². The van der Waals surface area contributed by atoms with Crippen molar-refractivity contribution in [2.45, 2.75) is 25.9 Å². The minimum absolute atomic E-state index is 0.0964. The zero-order chi connectivity index (χ0) is 21.3. The summed E-state index contributed by atoms with van der Waals surface area (Å²) in [5, 5.41) is 6.28. The van der Waals surface area contributed by atoms with E-state index in [4.69, 9.17) is 5.73 Å². The van der Waals surface area contributed by atoms with E-state index in [9.17, 15) is 18.0 Å². The van der Waals surface area contributed by atoms with Crippen molar-refractivity contribution in [1.82, 2.24) is 10.6 Å². The molecule has 0 saturated carbocycles. The Morgan fingerprint density at radius 3 is 2.24 bits per heavy atom. The fourth-order valence-corrected chi connectivity index (χ4v) is 2.46. The number of carbonyl (C=O) groups is 1. The van der Waals surface area contributed by atoms with E-state index in [1.807, 2.05) is 18.2 Å². The first-order valence-corrected chi connectivity index (χ1v) is 8.82. The summed E-state index contributed by atoms with van der Waals surface area (Å²) in [7, 11) is 1.64. The predicted octanol–water partition coefficient (Wildman–Crippen LogP) is 2.73. The molecule has 0 aliphatic heterocycles. The molecule has 0 aliphatic carbocycles. The second-order valence-electron chi connectivity index (χ2n) is 6.27. The largest absolute Gasteiger partial charge is 0.411 e. The van der Waals surface area contributed by atoms with Crippen LogP contribution < -0.4 is 16.4 Å². The molecule has 2 aromatic rings. The lowest BCUT2D eigenvalue weighted by molar-refractivity contribution is -0.176. The number of hydrogen-bond donors (Lipinski definition) is 3. The van der Waals surface area contributed by atoms with Gasteiger partial charge in [-0.25, -0.2) is 0 Å². The second kappa shape index (κ2) is 10.5. The van der Waals surface area contributed by atoms with Crippen LogP contribution in [-0.2, 0) is 24.4 Å². The van der Waals surface area contributed by atoms with Gasteiger partial charge in [-0.3, -0.25) is 9.79 Å². The molecule has 0 heterocycles. The summed E-state index contributed by atoms with van der Waals surface area (Å²) in [6.07, 6.45) is -4.33. The molecule has 29 heavy (non-hydrogen) atoms. The molecule has 1 amide bonds. The van der Waals surface area contributed by atoms with Gasteiger partial charge in [-0.05, 0) is 28.8 Å². The Balaban J connectivity index is 1.80. The van der Waals surface area contributed by atoms with E-state index in [1.165, 1.54) is 0 Å². The van der Waals surface area contributed by atoms with Gasteiger partial charge in [-0.15, -0.1) is 0 Å². The quantitative estimate of drug-likeness (QED) is 0.463. The lowest BCUT2D eigenvalue weighted by Crippen LogP contribution is -2.36. The van der Waals surface area contributed by atoms with E-state index >= 15 is 0 Å². The summed E-state index contributed by atoms with van der Waals surface area (Å²) in [4.78, 5) is 15.4. The average molecular weight is 408 g/mol. The van der Waals surface area contributed by atoms with Gasteiger partial charge in [0.15, 0.2) is 5.96 Å². The molecular formula is C20H23F3N4O2. The van der Waals surface area contributed by atoms with Crippen LogP contribution in [0.2, 0.25) is 0 Å². The highest BCUT2D eigenvalue weighted by atomic mass is 19.4. The summed E-state index contributed by atoms with van der Waals surface area (Å²) in [6, 6.07) is 14.0. The van der Waals surface area contributed by atoms with Crippen LogP contribution in [0.4, 0.5) is 13.2 Å². The van der Waals surface area contributed by atoms with Gasteiger partial charge in [-0.2, -0.15) is 13.2 Å². The summed E-state index contributed by atoms with van der Waals surface area (Å²) in [5.41, 5.74) is 8.19. The Bertz CT molecular complexity index is 836. The number of rotatable bonds is 8. The fourth-order valence-electron chi connectivity index (χ4n) is 2.46. The van der Waals surface area contributed by atoms with E-state index in [-0.39, 0.29) is 6.61 Å². The highest BCUT2D eigenvalue weighted by molar-refractivity contribution is 5.92. The smallest absolute Gasteiger partial charge is 0.367 e. The summed E-state index contributed by atoms with van der Waals surface area (Å²) >= 11 is 0. The number of carbonyl (C=O) groups excluding carboxylic acids is 1. The van der Waals surface area contributed by atoms with Crippen molar-refractivity contribution in [3.8, 4) is 0 Å². The zero-order valence-corrected chi connectivity index (χ0v) is 15.9. The maximum Gasteiger partial charge on any atom is 0.411 e. The Hall–Kier alpha value is -3.07. The Morgan fingerprint density at radius 1 is 1.03 bits per heavy atom. The summed E-state index contributed by atoms with van der Waals surface area (Å²) < 4.78 is 40.9. The van der Waals surface area contributed by atoms with Crippen molar-refractivity contribution in [3.05, 3.63) is 70.8 Å². The molecule has 0 bridgehead atoms. The van der Waals surface area contributed by atoms with Gasteiger partial charge in [0.25, 0.3) is 0 Å². The molecule has 4 N–H and O–H groups in total. The van der Waals surface area contributed by atoms with Crippen LogP contribution in [0.15, 0.2) is 53.5 Å². The van der Waals surface area contributed by atoms with Crippen LogP contribution in [0.3, 0.4) is 0 Å². The van der Waals surface area contributed by atoms with Gasteiger partial charge >= 0.3 is 6.18 Å². The standard InChI is InChI=1S/C20H23F3N4O2/c1-25-19(27-11-16-3-2-4-17(9-16)18(24)28)26-10-14-5-7-15(8-6-14)12-29-13-20(21,22)23/h2-9H,10-13H2,1H3,(H2,24,28)(H2,25,26,27). The molecule has 0 fully saturated rings. The number of amides is 1. The predicted molar refractivity (Wildman–Crippen MR) is 104 cm³/mol. The van der Waals surface area contributed by atoms with Gasteiger partial charge in [-0.1, -0.05) is 36.4 Å². The first-order chi connectivity index (χ1) is 13.8. The fraction of sp³-hybridized carbons (Fsp3) is 0.300. The molecule has 0 spiro atoms. The molecule has 156 valence electrons. The molecule has 0 unspecified atom stereocenters. The van der Waals surface area contributed by atoms with Crippen molar-refractivity contribution in [1.29, 1.82) is 0 Å². The van der Waals surface area contributed by atoms with E-state index in [0.717, 1.165) is 11.1 Å². The third kappa shape index (κ3) is 8.22. The minimum Gasteiger partial charge on any atom is -0.367 e. The molecule has 0 aromatic heterocycles. The highest BCUT2D eigenvalue weighted by Crippen LogP contribution is 2.15. The summed E-state index contributed by atoms with van der Waals surface area (Å²) in [6.45, 7) is -0.428. The number of hydrogen-bond acceptors (Lipinski definition) is 3. The molecule has 2 aromatic carbocycles. The van der Waals surface area contributed by atoms with Gasteiger partial charge in [0, 0.05) is 25.7 Å². The van der Waals surface area contributed by atoms with Crippen LogP contribution in [0.5, 0.6) is 0 Å². The number of ether oxygens (including phenoxy) is 1. The number of halogens is 3. The number of nitrogens with one attached hydrogen (secondary N) is 2. The van der Waals surface area contributed by atoms with Crippen LogP contribution in [0.1, 0.15) is 27.0 Å². The normalized spacial score (nSPS) is 11.9. The number of benzene rings is 2. The molecule has 0 saturated heterocycles. The number of nitrogens with two attached hydrogens (primary N) is 1. The molecule has 9 heteroatoms. The van der Waals surface area contributed by atoms with E-state index in [0.29, 0.717) is 30.2 Å². The lowest BCUT2D eigenvalue weighted by Gasteiger charge is -2.13. The lowest BCUT2D eigenvalue weighted by atomic mass is 10.1. The van der Waals surface area contributed by atoms with Crippen molar-refractivity contribution < 1.29 is 22.7 Å². The van der Waals surface area contributed by atoms with Gasteiger partial charge in [0.1, 0.15) is 6.61 Å². The van der Waals surface area contributed by atoms with E-state index in [1.54, 1.807) is 37.4 Å². The van der Waals surface area contributed by atoms with Crippen molar-refractivity contribution >= 4 is 11.9 Å². The molecule has 6 nitrogen and oxygen atoms in total. The number of guanidine groups is 1. The highest BCUT2D eigenvalue weighted by Gasteiger charge is 2.27. The van der Waals surface area contributed by atoms with Crippen LogP contribution in [0.25, 0.3) is 0 Å². The maximum absolute atomic E-state index is 12.1. The van der Waals surface area contributed by atoms with Gasteiger partial charge in [0.05, 0.1) is 6.61 Å². The number of nitrogens with zero attached hydrogens (tertiary/aromatic N) is 1. The van der Waals surface area contributed by atoms with Crippen molar-refractivity contribution in [3.63, 3.8) is 0 Å². The monoisotopic (exact) mass is 408 g/mol. The average Bonchev–Trinajstić information content (AvgIpc) is 2.68. The number of aliphatic imine (C=N–C) groups is 1. The molecule has 0 aliphatic rings. The van der Waals surface area contributed by atoms with Gasteiger partial charge < -0.3 is 21.1 Å². The summed E-state index contributed by atoms with van der Waals surface area (Å²) in [5.74, 6) is 0.0775. The minimum atomic E-state index is -4.33. The SMILES string of the molecule is CN=C(NCc1ccc(COCC(F)(F)F)cc1)NCc1cccc(C(N)=O)c1. The topological polar surface area (TPSA) is 88.7 Å². The second-order valence-corrected chi connectivity index (χ2v) is 6.27. The first kappa shape index (κ1) is 22.2. The van der Waals surface area contributed by atoms with Crippen LogP contribution >= 0.6 is 0 Å². The Morgan fingerprint density at radius 2 is 1.66 bits per heavy atom. The molecule has 2 rings (SSSR count). The first-order valence-electron chi connectivity index (χ1n) is 8.82. The third-order valence-electron chi connectivity index (χ3n) is 3.91. The van der Waals surface area contributed by atoms with Crippen LogP contribution in [0, 0.1) is 0 Å². The number of alkyl halides is 3. The number of primary amides is 1. The maximum atomic E-state index is 12.1. The molecule has 0 atom stereocenters. The van der Waals surface area contributed by atoms with Crippen molar-refractivity contribution in [2.75, 3.05) is 13.7 Å². The molecule has 0 radical (unpaired) electrons. The van der Waals surface area contributed by atoms with E-state index in [2.05, 4.69) is 20.4 Å². The van der Waals surface area contributed by atoms with E-state index < -0.39 is 18.7 Å². The Labute approximate surface area is 167 Å². The zero-order valence-electron chi connectivity index (χ0n) is 15.9. The van der Waals surface area contributed by atoms with Crippen LogP contribution in [-0.4, -0.2) is 31.7 Å². The van der Waals surface area contributed by atoms with Crippen molar-refractivity contribution in [2.24, 2.45) is 10.7 Å². The Kier molecular flexibility index (Phi) is 8.02.